The Morgan fingerprint density at radius 3 is 2.61 bits per heavy atom. The van der Waals surface area contributed by atoms with Crippen LogP contribution in [0, 0.1) is 5.92 Å². The molecule has 18 heavy (non-hydrogen) atoms. The van der Waals surface area contributed by atoms with Crippen LogP contribution in [0.15, 0.2) is 0 Å². The minimum absolute atomic E-state index is 0.299. The summed E-state index contributed by atoms with van der Waals surface area (Å²) in [5.41, 5.74) is -0.481. The number of hydrogen-bond donors (Lipinski definition) is 0. The van der Waals surface area contributed by atoms with Gasteiger partial charge in [-0.15, -0.1) is 0 Å². The lowest BCUT2D eigenvalue weighted by Gasteiger charge is -2.37. The van der Waals surface area contributed by atoms with Crippen molar-refractivity contribution < 1.29 is 14.3 Å². The highest BCUT2D eigenvalue weighted by atomic mass is 16.5. The third-order valence-corrected chi connectivity index (χ3v) is 4.70. The van der Waals surface area contributed by atoms with Crippen LogP contribution in [-0.4, -0.2) is 31.2 Å². The van der Waals surface area contributed by atoms with Crippen molar-refractivity contribution in [1.29, 1.82) is 0 Å². The molecule has 1 aliphatic heterocycles. The van der Waals surface area contributed by atoms with Crippen LogP contribution in [0.2, 0.25) is 0 Å². The topological polar surface area (TPSA) is 35.5 Å². The average molecular weight is 254 g/mol. The molecule has 0 aromatic rings. The second kappa shape index (κ2) is 6.16. The van der Waals surface area contributed by atoms with Crippen molar-refractivity contribution in [2.45, 2.75) is 70.0 Å². The standard InChI is InChI=1S/C15H26O3/c1-12-7-9-15(17-2,10-8-12)14(16)6-5-13-4-3-11-18-13/h12-13H,3-11H2,1-2H3. The van der Waals surface area contributed by atoms with Gasteiger partial charge >= 0.3 is 0 Å². The first-order valence-corrected chi connectivity index (χ1v) is 7.36. The van der Waals surface area contributed by atoms with Gasteiger partial charge in [0.2, 0.25) is 0 Å². The number of ether oxygens (including phenoxy) is 2. The zero-order valence-corrected chi connectivity index (χ0v) is 11.7. The number of carbonyl (C=O) groups excluding carboxylic acids is 1. The first-order chi connectivity index (χ1) is 8.66. The van der Waals surface area contributed by atoms with E-state index in [2.05, 4.69) is 6.92 Å². The highest BCUT2D eigenvalue weighted by molar-refractivity contribution is 5.87. The van der Waals surface area contributed by atoms with Crippen LogP contribution in [-0.2, 0) is 14.3 Å². The maximum Gasteiger partial charge on any atom is 0.164 e. The molecule has 2 aliphatic rings. The number of Topliss-reactive ketones (excluding diaryl/α,β-unsaturated/α-hetero) is 1. The van der Waals surface area contributed by atoms with E-state index >= 15 is 0 Å². The lowest BCUT2D eigenvalue weighted by molar-refractivity contribution is -0.146. The molecule has 0 aromatic carbocycles. The number of rotatable bonds is 5. The van der Waals surface area contributed by atoms with Crippen molar-refractivity contribution in [3.8, 4) is 0 Å². The van der Waals surface area contributed by atoms with Gasteiger partial charge in [-0.1, -0.05) is 6.92 Å². The summed E-state index contributed by atoms with van der Waals surface area (Å²) in [6.45, 7) is 3.13. The smallest absolute Gasteiger partial charge is 0.164 e. The van der Waals surface area contributed by atoms with Crippen LogP contribution in [0.1, 0.15) is 58.3 Å². The van der Waals surface area contributed by atoms with E-state index in [1.807, 2.05) is 0 Å². The summed E-state index contributed by atoms with van der Waals surface area (Å²) in [6, 6.07) is 0. The molecule has 3 heteroatoms. The summed E-state index contributed by atoms with van der Waals surface area (Å²) in [5.74, 6) is 1.03. The lowest BCUT2D eigenvalue weighted by atomic mass is 9.76. The molecular weight excluding hydrogens is 228 g/mol. The van der Waals surface area contributed by atoms with Crippen LogP contribution in [0.25, 0.3) is 0 Å². The van der Waals surface area contributed by atoms with Gasteiger partial charge in [-0.3, -0.25) is 4.79 Å². The Kier molecular flexibility index (Phi) is 4.79. The fourth-order valence-electron chi connectivity index (χ4n) is 3.22. The van der Waals surface area contributed by atoms with Crippen molar-refractivity contribution in [2.75, 3.05) is 13.7 Å². The fraction of sp³-hybridized carbons (Fsp3) is 0.933. The molecule has 3 nitrogen and oxygen atoms in total. The molecule has 1 aliphatic carbocycles. The number of hydrogen-bond acceptors (Lipinski definition) is 3. The maximum absolute atomic E-state index is 12.4. The van der Waals surface area contributed by atoms with Gasteiger partial charge in [0.1, 0.15) is 5.60 Å². The molecule has 0 aromatic heterocycles. The highest BCUT2D eigenvalue weighted by Crippen LogP contribution is 2.36. The average Bonchev–Trinajstić information content (AvgIpc) is 2.90. The van der Waals surface area contributed by atoms with Gasteiger partial charge in [0, 0.05) is 20.1 Å². The summed E-state index contributed by atoms with van der Waals surface area (Å²) in [4.78, 5) is 12.4. The molecule has 1 heterocycles. The zero-order chi connectivity index (χ0) is 13.0. The Balaban J connectivity index is 1.84. The van der Waals surface area contributed by atoms with Crippen molar-refractivity contribution >= 4 is 5.78 Å². The Hall–Kier alpha value is -0.410. The minimum Gasteiger partial charge on any atom is -0.378 e. The van der Waals surface area contributed by atoms with Crippen molar-refractivity contribution in [1.82, 2.24) is 0 Å². The first kappa shape index (κ1) is 14.0. The van der Waals surface area contributed by atoms with Crippen molar-refractivity contribution in [2.24, 2.45) is 5.92 Å². The van der Waals surface area contributed by atoms with Crippen molar-refractivity contribution in [3.05, 3.63) is 0 Å². The second-order valence-corrected chi connectivity index (χ2v) is 5.98. The molecule has 0 amide bonds. The lowest BCUT2D eigenvalue weighted by Crippen LogP contribution is -2.44. The summed E-state index contributed by atoms with van der Waals surface area (Å²) in [7, 11) is 1.69. The molecule has 2 fully saturated rings. The molecule has 104 valence electrons. The molecule has 1 saturated heterocycles. The van der Waals surface area contributed by atoms with Gasteiger partial charge < -0.3 is 9.47 Å². The molecule has 0 spiro atoms. The van der Waals surface area contributed by atoms with Gasteiger partial charge in [0.25, 0.3) is 0 Å². The van der Waals surface area contributed by atoms with Gasteiger partial charge in [0.15, 0.2) is 5.78 Å². The normalized spacial score (nSPS) is 36.8. The van der Waals surface area contributed by atoms with E-state index in [0.29, 0.717) is 18.3 Å². The van der Waals surface area contributed by atoms with Crippen LogP contribution in [0.3, 0.4) is 0 Å². The molecule has 0 N–H and O–H groups in total. The van der Waals surface area contributed by atoms with Crippen molar-refractivity contribution in [3.63, 3.8) is 0 Å². The van der Waals surface area contributed by atoms with Gasteiger partial charge in [-0.25, -0.2) is 0 Å². The fourth-order valence-corrected chi connectivity index (χ4v) is 3.22. The van der Waals surface area contributed by atoms with E-state index in [1.54, 1.807) is 7.11 Å². The van der Waals surface area contributed by atoms with E-state index in [9.17, 15) is 4.79 Å². The van der Waals surface area contributed by atoms with E-state index in [1.165, 1.54) is 0 Å². The molecule has 1 unspecified atom stereocenters. The van der Waals surface area contributed by atoms with Crippen LogP contribution in [0.5, 0.6) is 0 Å². The van der Waals surface area contributed by atoms with Gasteiger partial charge in [0.05, 0.1) is 6.10 Å². The zero-order valence-electron chi connectivity index (χ0n) is 11.7. The van der Waals surface area contributed by atoms with E-state index in [4.69, 9.17) is 9.47 Å². The number of ketones is 1. The molecule has 0 radical (unpaired) electrons. The Labute approximate surface area is 110 Å². The van der Waals surface area contributed by atoms with E-state index in [-0.39, 0.29) is 0 Å². The summed E-state index contributed by atoms with van der Waals surface area (Å²) < 4.78 is 11.2. The summed E-state index contributed by atoms with van der Waals surface area (Å²) in [5, 5.41) is 0. The minimum atomic E-state index is -0.481. The second-order valence-electron chi connectivity index (χ2n) is 5.98. The quantitative estimate of drug-likeness (QED) is 0.756. The Morgan fingerprint density at radius 1 is 1.33 bits per heavy atom. The largest absolute Gasteiger partial charge is 0.378 e. The molecular formula is C15H26O3. The first-order valence-electron chi connectivity index (χ1n) is 7.36. The molecule has 2 rings (SSSR count). The van der Waals surface area contributed by atoms with E-state index < -0.39 is 5.60 Å². The maximum atomic E-state index is 12.4. The van der Waals surface area contributed by atoms with Gasteiger partial charge in [-0.2, -0.15) is 0 Å². The predicted octanol–water partition coefficient (Wildman–Crippen LogP) is 3.11. The third kappa shape index (κ3) is 3.12. The molecule has 1 atom stereocenters. The van der Waals surface area contributed by atoms with E-state index in [0.717, 1.165) is 57.5 Å². The highest BCUT2D eigenvalue weighted by Gasteiger charge is 2.40. The van der Waals surface area contributed by atoms with Crippen LogP contribution in [0.4, 0.5) is 0 Å². The molecule has 0 bridgehead atoms. The Bertz CT molecular complexity index is 273. The summed E-state index contributed by atoms with van der Waals surface area (Å²) >= 11 is 0. The van der Waals surface area contributed by atoms with Crippen LogP contribution >= 0.6 is 0 Å². The van der Waals surface area contributed by atoms with Crippen LogP contribution < -0.4 is 0 Å². The summed E-state index contributed by atoms with van der Waals surface area (Å²) in [6.07, 6.45) is 8.08. The number of carbonyl (C=O) groups is 1. The SMILES string of the molecule is COC1(C(=O)CCC2CCCO2)CCC(C)CC1. The van der Waals surface area contributed by atoms with Gasteiger partial charge in [-0.05, 0) is 50.9 Å². The number of methoxy groups -OCH3 is 1. The predicted molar refractivity (Wildman–Crippen MR) is 70.6 cm³/mol. The monoisotopic (exact) mass is 254 g/mol. The Morgan fingerprint density at radius 2 is 2.06 bits per heavy atom. The molecule has 1 saturated carbocycles. The third-order valence-electron chi connectivity index (χ3n) is 4.70.